The molecule has 0 aliphatic rings. The number of allylic oxidation sites excluding steroid dienone is 1. The standard InChI is InChI=1S/C12H22O2/c1-4-6-7-9-11(3)10-14-12(13)8-5-2/h4,11H,1,5-10H2,2-3H3. The van der Waals surface area contributed by atoms with E-state index in [9.17, 15) is 4.79 Å². The second kappa shape index (κ2) is 8.79. The van der Waals surface area contributed by atoms with Crippen LogP contribution in [0.2, 0.25) is 0 Å². The lowest BCUT2D eigenvalue weighted by Gasteiger charge is -2.10. The first-order valence-corrected chi connectivity index (χ1v) is 5.47. The van der Waals surface area contributed by atoms with E-state index in [2.05, 4.69) is 13.5 Å². The third kappa shape index (κ3) is 7.84. The summed E-state index contributed by atoms with van der Waals surface area (Å²) < 4.78 is 5.11. The first-order valence-electron chi connectivity index (χ1n) is 5.47. The second-order valence-electron chi connectivity index (χ2n) is 3.76. The summed E-state index contributed by atoms with van der Waals surface area (Å²) in [6.07, 6.45) is 6.62. The lowest BCUT2D eigenvalue weighted by molar-refractivity contribution is -0.144. The van der Waals surface area contributed by atoms with Gasteiger partial charge in [-0.25, -0.2) is 0 Å². The van der Waals surface area contributed by atoms with E-state index in [0.717, 1.165) is 25.7 Å². The molecule has 2 heteroatoms. The van der Waals surface area contributed by atoms with Gasteiger partial charge in [0.2, 0.25) is 0 Å². The van der Waals surface area contributed by atoms with Crippen molar-refractivity contribution in [1.29, 1.82) is 0 Å². The average molecular weight is 198 g/mol. The molecular weight excluding hydrogens is 176 g/mol. The summed E-state index contributed by atoms with van der Waals surface area (Å²) in [6, 6.07) is 0. The van der Waals surface area contributed by atoms with Gasteiger partial charge in [0.05, 0.1) is 6.61 Å². The molecule has 0 saturated carbocycles. The topological polar surface area (TPSA) is 26.3 Å². The van der Waals surface area contributed by atoms with Gasteiger partial charge in [0.25, 0.3) is 0 Å². The van der Waals surface area contributed by atoms with E-state index in [1.165, 1.54) is 0 Å². The molecule has 0 amide bonds. The third-order valence-electron chi connectivity index (χ3n) is 2.09. The summed E-state index contributed by atoms with van der Waals surface area (Å²) in [4.78, 5) is 11.0. The molecule has 0 aromatic rings. The van der Waals surface area contributed by atoms with Crippen LogP contribution in [0.3, 0.4) is 0 Å². The van der Waals surface area contributed by atoms with Crippen molar-refractivity contribution in [3.8, 4) is 0 Å². The van der Waals surface area contributed by atoms with Gasteiger partial charge < -0.3 is 4.74 Å². The van der Waals surface area contributed by atoms with Crippen LogP contribution in [0.1, 0.15) is 46.0 Å². The number of ether oxygens (including phenoxy) is 1. The van der Waals surface area contributed by atoms with Crippen molar-refractivity contribution in [2.45, 2.75) is 46.0 Å². The zero-order valence-electron chi connectivity index (χ0n) is 9.42. The maximum absolute atomic E-state index is 11.0. The smallest absolute Gasteiger partial charge is 0.305 e. The fourth-order valence-corrected chi connectivity index (χ4v) is 1.21. The number of rotatable bonds is 8. The van der Waals surface area contributed by atoms with Crippen molar-refractivity contribution in [3.05, 3.63) is 12.7 Å². The van der Waals surface area contributed by atoms with Crippen LogP contribution >= 0.6 is 0 Å². The molecule has 0 aromatic carbocycles. The van der Waals surface area contributed by atoms with Crippen molar-refractivity contribution in [2.24, 2.45) is 5.92 Å². The molecule has 0 aromatic heterocycles. The van der Waals surface area contributed by atoms with Crippen LogP contribution < -0.4 is 0 Å². The highest BCUT2D eigenvalue weighted by Crippen LogP contribution is 2.08. The van der Waals surface area contributed by atoms with E-state index in [-0.39, 0.29) is 5.97 Å². The molecule has 1 atom stereocenters. The summed E-state index contributed by atoms with van der Waals surface area (Å²) in [5.74, 6) is 0.402. The highest BCUT2D eigenvalue weighted by atomic mass is 16.5. The minimum Gasteiger partial charge on any atom is -0.465 e. The highest BCUT2D eigenvalue weighted by Gasteiger charge is 2.05. The first kappa shape index (κ1) is 13.2. The van der Waals surface area contributed by atoms with E-state index < -0.39 is 0 Å². The van der Waals surface area contributed by atoms with Gasteiger partial charge in [0, 0.05) is 6.42 Å². The Morgan fingerprint density at radius 1 is 1.57 bits per heavy atom. The first-order chi connectivity index (χ1) is 6.70. The molecule has 0 bridgehead atoms. The third-order valence-corrected chi connectivity index (χ3v) is 2.09. The lowest BCUT2D eigenvalue weighted by Crippen LogP contribution is -2.11. The van der Waals surface area contributed by atoms with Gasteiger partial charge in [0.15, 0.2) is 0 Å². The minimum absolute atomic E-state index is 0.0666. The number of carbonyl (C=O) groups excluding carboxylic acids is 1. The Labute approximate surface area is 87.3 Å². The van der Waals surface area contributed by atoms with Crippen LogP contribution in [-0.4, -0.2) is 12.6 Å². The van der Waals surface area contributed by atoms with Gasteiger partial charge in [0.1, 0.15) is 0 Å². The molecule has 0 saturated heterocycles. The Morgan fingerprint density at radius 3 is 2.86 bits per heavy atom. The molecule has 0 fully saturated rings. The fourth-order valence-electron chi connectivity index (χ4n) is 1.21. The molecule has 1 unspecified atom stereocenters. The summed E-state index contributed by atoms with van der Waals surface area (Å²) in [5, 5.41) is 0. The molecule has 0 heterocycles. The Bertz CT molecular complexity index is 164. The number of unbranched alkanes of at least 4 members (excludes halogenated alkanes) is 1. The molecule has 14 heavy (non-hydrogen) atoms. The van der Waals surface area contributed by atoms with E-state index in [1.54, 1.807) is 0 Å². The minimum atomic E-state index is -0.0666. The highest BCUT2D eigenvalue weighted by molar-refractivity contribution is 5.69. The molecule has 0 N–H and O–H groups in total. The van der Waals surface area contributed by atoms with Crippen LogP contribution in [0.15, 0.2) is 12.7 Å². The van der Waals surface area contributed by atoms with Crippen molar-refractivity contribution < 1.29 is 9.53 Å². The Morgan fingerprint density at radius 2 is 2.29 bits per heavy atom. The Kier molecular flexibility index (Phi) is 8.30. The number of esters is 1. The molecule has 2 nitrogen and oxygen atoms in total. The molecule has 0 spiro atoms. The summed E-state index contributed by atoms with van der Waals surface area (Å²) in [6.45, 7) is 8.33. The van der Waals surface area contributed by atoms with Gasteiger partial charge >= 0.3 is 5.97 Å². The Hall–Kier alpha value is -0.790. The van der Waals surface area contributed by atoms with Crippen LogP contribution in [0.4, 0.5) is 0 Å². The molecule has 0 rings (SSSR count). The van der Waals surface area contributed by atoms with Gasteiger partial charge in [-0.2, -0.15) is 0 Å². The van der Waals surface area contributed by atoms with Crippen LogP contribution in [0.5, 0.6) is 0 Å². The molecular formula is C12H22O2. The van der Waals surface area contributed by atoms with Crippen molar-refractivity contribution in [3.63, 3.8) is 0 Å². The zero-order chi connectivity index (χ0) is 10.8. The molecule has 0 radical (unpaired) electrons. The molecule has 0 aliphatic heterocycles. The maximum Gasteiger partial charge on any atom is 0.305 e. The predicted octanol–water partition coefficient (Wildman–Crippen LogP) is 3.32. The zero-order valence-corrected chi connectivity index (χ0v) is 9.42. The van der Waals surface area contributed by atoms with Crippen LogP contribution in [0.25, 0.3) is 0 Å². The van der Waals surface area contributed by atoms with Gasteiger partial charge in [-0.3, -0.25) is 4.79 Å². The normalized spacial score (nSPS) is 12.1. The van der Waals surface area contributed by atoms with Gasteiger partial charge in [-0.05, 0) is 31.6 Å². The quantitative estimate of drug-likeness (QED) is 0.340. The predicted molar refractivity (Wildman–Crippen MR) is 59.1 cm³/mol. The van der Waals surface area contributed by atoms with Gasteiger partial charge in [-0.1, -0.05) is 19.9 Å². The average Bonchev–Trinajstić information content (AvgIpc) is 2.16. The van der Waals surface area contributed by atoms with Crippen molar-refractivity contribution >= 4 is 5.97 Å². The van der Waals surface area contributed by atoms with E-state index >= 15 is 0 Å². The maximum atomic E-state index is 11.0. The number of hydrogen-bond donors (Lipinski definition) is 0. The summed E-state index contributed by atoms with van der Waals surface area (Å²) >= 11 is 0. The van der Waals surface area contributed by atoms with E-state index in [1.807, 2.05) is 13.0 Å². The number of hydrogen-bond acceptors (Lipinski definition) is 2. The van der Waals surface area contributed by atoms with Crippen LogP contribution in [-0.2, 0) is 9.53 Å². The summed E-state index contributed by atoms with van der Waals surface area (Å²) in [5.41, 5.74) is 0. The lowest BCUT2D eigenvalue weighted by atomic mass is 10.1. The van der Waals surface area contributed by atoms with Crippen molar-refractivity contribution in [1.82, 2.24) is 0 Å². The fraction of sp³-hybridized carbons (Fsp3) is 0.750. The molecule has 0 aliphatic carbocycles. The number of carbonyl (C=O) groups is 1. The van der Waals surface area contributed by atoms with E-state index in [4.69, 9.17) is 4.74 Å². The van der Waals surface area contributed by atoms with Gasteiger partial charge in [-0.15, -0.1) is 6.58 Å². The monoisotopic (exact) mass is 198 g/mol. The van der Waals surface area contributed by atoms with Crippen LogP contribution in [0, 0.1) is 5.92 Å². The SMILES string of the molecule is C=CCCCC(C)COC(=O)CCC. The summed E-state index contributed by atoms with van der Waals surface area (Å²) in [7, 11) is 0. The Balaban J connectivity index is 3.38. The van der Waals surface area contributed by atoms with E-state index in [0.29, 0.717) is 18.9 Å². The largest absolute Gasteiger partial charge is 0.465 e. The second-order valence-corrected chi connectivity index (χ2v) is 3.76. The van der Waals surface area contributed by atoms with Crippen molar-refractivity contribution in [2.75, 3.05) is 6.61 Å². The molecule has 82 valence electrons.